The molecule has 30 heavy (non-hydrogen) atoms. The number of anilines is 1. The van der Waals surface area contributed by atoms with Gasteiger partial charge in [0, 0.05) is 23.0 Å². The number of rotatable bonds is 4. The summed E-state index contributed by atoms with van der Waals surface area (Å²) in [6.45, 7) is 5.37. The van der Waals surface area contributed by atoms with Gasteiger partial charge in [-0.05, 0) is 80.2 Å². The Hall–Kier alpha value is -2.35. The standard InChI is InChI=1S/C22H20ClN3O2S2/c1-3-25-17-13-14(23)5-10-18(17)29-20(25)12-11-19-21(28)26(4-2)22(30-19)24-15-6-8-16(27)9-7-15/h5-13,27H,3-4H2,1-2H3. The van der Waals surface area contributed by atoms with Gasteiger partial charge in [-0.3, -0.25) is 9.69 Å². The molecule has 5 nitrogen and oxygen atoms in total. The third-order valence-electron chi connectivity index (χ3n) is 4.66. The molecule has 154 valence electrons. The fourth-order valence-electron chi connectivity index (χ4n) is 3.19. The number of phenolic OH excluding ortho intramolecular Hbond substituents is 1. The van der Waals surface area contributed by atoms with Gasteiger partial charge in [0.2, 0.25) is 0 Å². The normalized spacial score (nSPS) is 20.1. The fraction of sp³-hybridized carbons (Fsp3) is 0.182. The van der Waals surface area contributed by atoms with Crippen molar-refractivity contribution in [3.63, 3.8) is 0 Å². The fourth-order valence-corrected chi connectivity index (χ4v) is 5.47. The number of fused-ring (bicyclic) bond motifs is 1. The number of hydrogen-bond acceptors (Lipinski definition) is 6. The molecular weight excluding hydrogens is 438 g/mol. The smallest absolute Gasteiger partial charge is 0.266 e. The second-order valence-electron chi connectivity index (χ2n) is 6.56. The number of carbonyl (C=O) groups is 1. The molecule has 0 aliphatic carbocycles. The molecule has 2 aromatic carbocycles. The van der Waals surface area contributed by atoms with Gasteiger partial charge in [0.1, 0.15) is 5.75 Å². The van der Waals surface area contributed by atoms with Gasteiger partial charge in [0.15, 0.2) is 5.17 Å². The average molecular weight is 458 g/mol. The Morgan fingerprint density at radius 2 is 1.77 bits per heavy atom. The highest BCUT2D eigenvalue weighted by Gasteiger charge is 2.32. The predicted octanol–water partition coefficient (Wildman–Crippen LogP) is 5.99. The second-order valence-corrected chi connectivity index (χ2v) is 9.06. The molecule has 1 amide bonds. The summed E-state index contributed by atoms with van der Waals surface area (Å²) in [5.41, 5.74) is 1.78. The zero-order chi connectivity index (χ0) is 21.3. The van der Waals surface area contributed by atoms with Gasteiger partial charge in [-0.1, -0.05) is 23.4 Å². The lowest BCUT2D eigenvalue weighted by molar-refractivity contribution is -0.122. The van der Waals surface area contributed by atoms with E-state index in [1.807, 2.05) is 37.3 Å². The Morgan fingerprint density at radius 1 is 1.03 bits per heavy atom. The molecule has 4 rings (SSSR count). The van der Waals surface area contributed by atoms with Crippen molar-refractivity contribution in [2.45, 2.75) is 18.7 Å². The second kappa shape index (κ2) is 8.79. The Labute approximate surface area is 189 Å². The number of aliphatic imine (C=N–C) groups is 1. The summed E-state index contributed by atoms with van der Waals surface area (Å²) in [6.07, 6.45) is 3.85. The zero-order valence-corrected chi connectivity index (χ0v) is 18.9. The lowest BCUT2D eigenvalue weighted by atomic mass is 10.3. The van der Waals surface area contributed by atoms with Gasteiger partial charge >= 0.3 is 0 Å². The number of nitrogens with zero attached hydrogens (tertiary/aromatic N) is 3. The van der Waals surface area contributed by atoms with Gasteiger partial charge < -0.3 is 10.0 Å². The summed E-state index contributed by atoms with van der Waals surface area (Å²) in [6, 6.07) is 12.5. The van der Waals surface area contributed by atoms with E-state index in [1.165, 1.54) is 11.8 Å². The zero-order valence-electron chi connectivity index (χ0n) is 16.5. The molecule has 2 aliphatic heterocycles. The van der Waals surface area contributed by atoms with E-state index >= 15 is 0 Å². The molecule has 2 aromatic rings. The van der Waals surface area contributed by atoms with Crippen LogP contribution in [0.1, 0.15) is 13.8 Å². The highest BCUT2D eigenvalue weighted by atomic mass is 35.5. The van der Waals surface area contributed by atoms with Crippen LogP contribution in [0.25, 0.3) is 0 Å². The number of thioether (sulfide) groups is 2. The molecule has 1 saturated heterocycles. The number of amides is 1. The Balaban J connectivity index is 1.61. The number of hydrogen-bond donors (Lipinski definition) is 1. The molecule has 1 N–H and O–H groups in total. The molecule has 1 fully saturated rings. The van der Waals surface area contributed by atoms with Crippen LogP contribution in [-0.4, -0.2) is 34.2 Å². The largest absolute Gasteiger partial charge is 0.508 e. The highest BCUT2D eigenvalue weighted by Crippen LogP contribution is 2.47. The van der Waals surface area contributed by atoms with Gasteiger partial charge in [0.05, 0.1) is 21.3 Å². The minimum Gasteiger partial charge on any atom is -0.508 e. The van der Waals surface area contributed by atoms with Crippen molar-refractivity contribution in [3.8, 4) is 5.75 Å². The van der Waals surface area contributed by atoms with E-state index < -0.39 is 0 Å². The Morgan fingerprint density at radius 3 is 2.47 bits per heavy atom. The third kappa shape index (κ3) is 4.10. The first-order chi connectivity index (χ1) is 14.5. The van der Waals surface area contributed by atoms with Crippen molar-refractivity contribution in [1.29, 1.82) is 0 Å². The van der Waals surface area contributed by atoms with E-state index in [2.05, 4.69) is 16.8 Å². The molecule has 0 spiro atoms. The van der Waals surface area contributed by atoms with Crippen LogP contribution in [0.3, 0.4) is 0 Å². The van der Waals surface area contributed by atoms with Gasteiger partial charge in [-0.25, -0.2) is 4.99 Å². The lowest BCUT2D eigenvalue weighted by Gasteiger charge is -2.17. The van der Waals surface area contributed by atoms with E-state index in [0.717, 1.165) is 22.2 Å². The first-order valence-corrected chi connectivity index (χ1v) is 11.6. The lowest BCUT2D eigenvalue weighted by Crippen LogP contribution is -2.28. The van der Waals surface area contributed by atoms with E-state index in [-0.39, 0.29) is 11.7 Å². The van der Waals surface area contributed by atoms with Crippen LogP contribution in [0.2, 0.25) is 5.02 Å². The van der Waals surface area contributed by atoms with Gasteiger partial charge in [0.25, 0.3) is 5.91 Å². The summed E-state index contributed by atoms with van der Waals surface area (Å²) in [5, 5.41) is 11.9. The van der Waals surface area contributed by atoms with Crippen LogP contribution in [-0.2, 0) is 4.79 Å². The number of allylic oxidation sites excluding steroid dienone is 2. The maximum absolute atomic E-state index is 12.9. The maximum Gasteiger partial charge on any atom is 0.266 e. The number of amidine groups is 1. The van der Waals surface area contributed by atoms with Crippen LogP contribution in [0, 0.1) is 0 Å². The molecule has 0 atom stereocenters. The first kappa shape index (κ1) is 20.9. The average Bonchev–Trinajstić information content (AvgIpc) is 3.23. The van der Waals surface area contributed by atoms with E-state index in [1.54, 1.807) is 40.9 Å². The maximum atomic E-state index is 12.9. The van der Waals surface area contributed by atoms with Crippen molar-refractivity contribution in [3.05, 3.63) is 69.6 Å². The summed E-state index contributed by atoms with van der Waals surface area (Å²) < 4.78 is 0. The third-order valence-corrected chi connectivity index (χ3v) is 7.06. The minimum atomic E-state index is -0.0523. The number of aromatic hydroxyl groups is 1. The molecule has 0 aromatic heterocycles. The minimum absolute atomic E-state index is 0.0523. The molecule has 8 heteroatoms. The van der Waals surface area contributed by atoms with Crippen LogP contribution in [0.4, 0.5) is 11.4 Å². The Kier molecular flexibility index (Phi) is 6.13. The van der Waals surface area contributed by atoms with Crippen molar-refractivity contribution in [2.24, 2.45) is 4.99 Å². The number of likely N-dealkylation sites (N-methyl/N-ethyl adjacent to an activating group) is 1. The molecular formula is C22H20ClN3O2S2. The van der Waals surface area contributed by atoms with E-state index in [0.29, 0.717) is 27.3 Å². The topological polar surface area (TPSA) is 56.1 Å². The summed E-state index contributed by atoms with van der Waals surface area (Å²) >= 11 is 9.20. The summed E-state index contributed by atoms with van der Waals surface area (Å²) in [4.78, 5) is 23.1. The molecule has 2 heterocycles. The molecule has 2 aliphatic rings. The van der Waals surface area contributed by atoms with Crippen LogP contribution < -0.4 is 4.90 Å². The first-order valence-electron chi connectivity index (χ1n) is 9.54. The van der Waals surface area contributed by atoms with Crippen LogP contribution >= 0.6 is 35.1 Å². The Bertz CT molecular complexity index is 1080. The van der Waals surface area contributed by atoms with Crippen LogP contribution in [0.15, 0.2) is 74.4 Å². The molecule has 0 unspecified atom stereocenters. The number of halogens is 1. The summed E-state index contributed by atoms with van der Waals surface area (Å²) in [5.74, 6) is 0.133. The van der Waals surface area contributed by atoms with Gasteiger partial charge in [-0.15, -0.1) is 0 Å². The number of carbonyl (C=O) groups excluding carboxylic acids is 1. The van der Waals surface area contributed by atoms with Crippen molar-refractivity contribution in [2.75, 3.05) is 18.0 Å². The van der Waals surface area contributed by atoms with Crippen molar-refractivity contribution >= 4 is 57.6 Å². The molecule has 0 radical (unpaired) electrons. The quantitative estimate of drug-likeness (QED) is 0.572. The molecule has 0 saturated carbocycles. The SMILES string of the molecule is CCN1C(=O)C(=CC=C2Sc3ccc(Cl)cc3N2CC)SC1=Nc1ccc(O)cc1. The van der Waals surface area contributed by atoms with Crippen molar-refractivity contribution in [1.82, 2.24) is 4.90 Å². The van der Waals surface area contributed by atoms with Crippen molar-refractivity contribution < 1.29 is 9.90 Å². The van der Waals surface area contributed by atoms with Crippen LogP contribution in [0.5, 0.6) is 5.75 Å². The summed E-state index contributed by atoms with van der Waals surface area (Å²) in [7, 11) is 0. The molecule has 0 bridgehead atoms. The highest BCUT2D eigenvalue weighted by molar-refractivity contribution is 8.18. The van der Waals surface area contributed by atoms with Gasteiger partial charge in [-0.2, -0.15) is 0 Å². The number of phenols is 1. The van der Waals surface area contributed by atoms with E-state index in [4.69, 9.17) is 11.6 Å². The monoisotopic (exact) mass is 457 g/mol. The number of benzene rings is 2. The predicted molar refractivity (Wildman–Crippen MR) is 127 cm³/mol. The van der Waals surface area contributed by atoms with E-state index in [9.17, 15) is 9.90 Å².